The first-order valence-corrected chi connectivity index (χ1v) is 7.89. The molecule has 8 nitrogen and oxygen atoms in total. The molecule has 4 rings (SSSR count). The van der Waals surface area contributed by atoms with E-state index in [0.717, 1.165) is 5.69 Å². The van der Waals surface area contributed by atoms with Gasteiger partial charge in [0.25, 0.3) is 5.91 Å². The number of aromatic nitrogens is 3. The molecule has 2 heterocycles. The number of esters is 1. The van der Waals surface area contributed by atoms with Gasteiger partial charge in [0.1, 0.15) is 12.1 Å². The molecule has 8 heteroatoms. The molecule has 3 aromatic rings. The van der Waals surface area contributed by atoms with Gasteiger partial charge in [0, 0.05) is 0 Å². The normalized spacial score (nSPS) is 12.7. The van der Waals surface area contributed by atoms with Gasteiger partial charge in [0.2, 0.25) is 0 Å². The maximum Gasteiger partial charge on any atom is 0.338 e. The lowest BCUT2D eigenvalue weighted by Gasteiger charge is -2.18. The molecule has 0 saturated heterocycles. The minimum Gasteiger partial charge on any atom is -0.482 e. The largest absolute Gasteiger partial charge is 0.482 e. The summed E-state index contributed by atoms with van der Waals surface area (Å²) in [5, 5.41) is 6.81. The summed E-state index contributed by atoms with van der Waals surface area (Å²) in [6.07, 6.45) is 1.40. The Balaban J connectivity index is 1.48. The van der Waals surface area contributed by atoms with Gasteiger partial charge in [-0.2, -0.15) is 5.10 Å². The van der Waals surface area contributed by atoms with E-state index in [9.17, 15) is 9.59 Å². The zero-order valence-electron chi connectivity index (χ0n) is 13.6. The minimum absolute atomic E-state index is 0.0341. The minimum atomic E-state index is -0.532. The molecule has 1 aromatic heterocycles. The number of fused-ring (bicyclic) bond motifs is 1. The van der Waals surface area contributed by atoms with Crippen LogP contribution in [0, 0.1) is 0 Å². The van der Waals surface area contributed by atoms with Crippen molar-refractivity contribution in [1.29, 1.82) is 0 Å². The van der Waals surface area contributed by atoms with Crippen LogP contribution in [-0.2, 0) is 16.1 Å². The van der Waals surface area contributed by atoms with Crippen molar-refractivity contribution in [2.45, 2.75) is 6.61 Å². The van der Waals surface area contributed by atoms with E-state index in [2.05, 4.69) is 15.4 Å². The Morgan fingerprint density at radius 1 is 1.23 bits per heavy atom. The molecule has 26 heavy (non-hydrogen) atoms. The van der Waals surface area contributed by atoms with Gasteiger partial charge < -0.3 is 14.8 Å². The fourth-order valence-corrected chi connectivity index (χ4v) is 2.57. The molecule has 0 fully saturated rings. The fourth-order valence-electron chi connectivity index (χ4n) is 2.57. The number of hydrogen-bond acceptors (Lipinski definition) is 6. The summed E-state index contributed by atoms with van der Waals surface area (Å²) in [7, 11) is 0. The van der Waals surface area contributed by atoms with Gasteiger partial charge in [-0.25, -0.2) is 14.5 Å². The highest BCUT2D eigenvalue weighted by atomic mass is 16.5. The van der Waals surface area contributed by atoms with Gasteiger partial charge >= 0.3 is 5.97 Å². The number of anilines is 1. The maximum atomic E-state index is 12.3. The van der Waals surface area contributed by atoms with Gasteiger partial charge in [-0.05, 0) is 30.3 Å². The topological polar surface area (TPSA) is 95.3 Å². The molecule has 1 amide bonds. The number of ether oxygens (including phenoxy) is 2. The molecule has 1 aliphatic heterocycles. The summed E-state index contributed by atoms with van der Waals surface area (Å²) in [5.74, 6) is 0.221. The van der Waals surface area contributed by atoms with Crippen molar-refractivity contribution in [2.24, 2.45) is 0 Å². The lowest BCUT2D eigenvalue weighted by Crippen LogP contribution is -2.25. The predicted molar refractivity (Wildman–Crippen MR) is 91.0 cm³/mol. The number of nitrogens with one attached hydrogen (secondary N) is 1. The Morgan fingerprint density at radius 2 is 2.08 bits per heavy atom. The third-order valence-corrected chi connectivity index (χ3v) is 3.80. The highest BCUT2D eigenvalue weighted by Gasteiger charge is 2.19. The second-order valence-electron chi connectivity index (χ2n) is 5.55. The molecule has 130 valence electrons. The van der Waals surface area contributed by atoms with E-state index >= 15 is 0 Å². The molecule has 1 N–H and O–H groups in total. The molecule has 0 spiro atoms. The number of rotatable bonds is 4. The quantitative estimate of drug-likeness (QED) is 0.723. The monoisotopic (exact) mass is 350 g/mol. The second kappa shape index (κ2) is 6.67. The van der Waals surface area contributed by atoms with E-state index in [0.29, 0.717) is 22.8 Å². The van der Waals surface area contributed by atoms with Crippen LogP contribution in [0.2, 0.25) is 0 Å². The van der Waals surface area contributed by atoms with E-state index in [1.165, 1.54) is 12.4 Å². The van der Waals surface area contributed by atoms with Gasteiger partial charge in [-0.1, -0.05) is 18.2 Å². The van der Waals surface area contributed by atoms with E-state index in [1.54, 1.807) is 16.8 Å². The summed E-state index contributed by atoms with van der Waals surface area (Å²) in [4.78, 5) is 27.8. The third kappa shape index (κ3) is 3.12. The SMILES string of the molecule is O=C1COc2ccc(C(=O)OCc3ncnn3-c3ccccc3)cc2N1. The van der Waals surface area contributed by atoms with Crippen molar-refractivity contribution in [3.05, 3.63) is 66.2 Å². The fraction of sp³-hybridized carbons (Fsp3) is 0.111. The Hall–Kier alpha value is -3.68. The molecule has 0 radical (unpaired) electrons. The van der Waals surface area contributed by atoms with Crippen LogP contribution in [0.5, 0.6) is 5.75 Å². The molecule has 2 aromatic carbocycles. The average Bonchev–Trinajstić information content (AvgIpc) is 3.15. The lowest BCUT2D eigenvalue weighted by atomic mass is 10.1. The Morgan fingerprint density at radius 3 is 2.92 bits per heavy atom. The highest BCUT2D eigenvalue weighted by molar-refractivity contribution is 5.98. The van der Waals surface area contributed by atoms with Crippen LogP contribution in [0.25, 0.3) is 5.69 Å². The van der Waals surface area contributed by atoms with Gasteiger partial charge in [0.05, 0.1) is 16.9 Å². The number of para-hydroxylation sites is 1. The second-order valence-corrected chi connectivity index (χ2v) is 5.55. The van der Waals surface area contributed by atoms with E-state index in [-0.39, 0.29) is 19.1 Å². The van der Waals surface area contributed by atoms with Gasteiger partial charge in [-0.3, -0.25) is 4.79 Å². The number of nitrogens with zero attached hydrogens (tertiary/aromatic N) is 3. The van der Waals surface area contributed by atoms with E-state index in [1.807, 2.05) is 30.3 Å². The van der Waals surface area contributed by atoms with E-state index < -0.39 is 5.97 Å². The Kier molecular flexibility index (Phi) is 4.06. The van der Waals surface area contributed by atoms with Crippen LogP contribution in [0.1, 0.15) is 16.2 Å². The molecular weight excluding hydrogens is 336 g/mol. The molecule has 0 unspecified atom stereocenters. The van der Waals surface area contributed by atoms with Crippen molar-refractivity contribution in [1.82, 2.24) is 14.8 Å². The Bertz CT molecular complexity index is 968. The average molecular weight is 350 g/mol. The summed E-state index contributed by atoms with van der Waals surface area (Å²) >= 11 is 0. The first-order chi connectivity index (χ1) is 12.7. The number of hydrogen-bond donors (Lipinski definition) is 1. The smallest absolute Gasteiger partial charge is 0.338 e. The van der Waals surface area contributed by atoms with E-state index in [4.69, 9.17) is 9.47 Å². The summed E-state index contributed by atoms with van der Waals surface area (Å²) < 4.78 is 12.2. The van der Waals surface area contributed by atoms with Crippen LogP contribution in [0.15, 0.2) is 54.9 Å². The number of amides is 1. The molecule has 1 aliphatic rings. The highest BCUT2D eigenvalue weighted by Crippen LogP contribution is 2.28. The standard InChI is InChI=1S/C18H14N4O4/c23-17-10-25-15-7-6-12(8-14(15)21-17)18(24)26-9-16-19-11-20-22(16)13-4-2-1-3-5-13/h1-8,11H,9-10H2,(H,21,23). The molecule has 0 aliphatic carbocycles. The number of benzene rings is 2. The van der Waals surface area contributed by atoms with Crippen LogP contribution < -0.4 is 10.1 Å². The van der Waals surface area contributed by atoms with Gasteiger partial charge in [-0.15, -0.1) is 0 Å². The zero-order chi connectivity index (χ0) is 17.9. The summed E-state index contributed by atoms with van der Waals surface area (Å²) in [5.41, 5.74) is 1.58. The Labute approximate surface area is 148 Å². The van der Waals surface area contributed by atoms with Crippen molar-refractivity contribution in [3.8, 4) is 11.4 Å². The van der Waals surface area contributed by atoms with Crippen molar-refractivity contribution in [3.63, 3.8) is 0 Å². The van der Waals surface area contributed by atoms with Crippen LogP contribution in [-0.4, -0.2) is 33.2 Å². The van der Waals surface area contributed by atoms with Crippen LogP contribution in [0.4, 0.5) is 5.69 Å². The molecule has 0 saturated carbocycles. The molecule has 0 bridgehead atoms. The zero-order valence-corrected chi connectivity index (χ0v) is 13.6. The lowest BCUT2D eigenvalue weighted by molar-refractivity contribution is -0.118. The first-order valence-electron chi connectivity index (χ1n) is 7.89. The number of carbonyl (C=O) groups is 2. The van der Waals surface area contributed by atoms with Crippen molar-refractivity contribution >= 4 is 17.6 Å². The van der Waals surface area contributed by atoms with Crippen LogP contribution >= 0.6 is 0 Å². The third-order valence-electron chi connectivity index (χ3n) is 3.80. The van der Waals surface area contributed by atoms with Crippen molar-refractivity contribution in [2.75, 3.05) is 11.9 Å². The van der Waals surface area contributed by atoms with Crippen LogP contribution in [0.3, 0.4) is 0 Å². The molecule has 0 atom stereocenters. The summed E-state index contributed by atoms with van der Waals surface area (Å²) in [6, 6.07) is 14.2. The maximum absolute atomic E-state index is 12.3. The first kappa shape index (κ1) is 15.8. The number of carbonyl (C=O) groups excluding carboxylic acids is 2. The molecular formula is C18H14N4O4. The predicted octanol–water partition coefficient (Wildman–Crippen LogP) is 1.96. The van der Waals surface area contributed by atoms with Gasteiger partial charge in [0.15, 0.2) is 19.0 Å². The summed E-state index contributed by atoms with van der Waals surface area (Å²) in [6.45, 7) is -0.0698. The van der Waals surface area contributed by atoms with Crippen molar-refractivity contribution < 1.29 is 19.1 Å².